The van der Waals surface area contributed by atoms with Gasteiger partial charge in [0.25, 0.3) is 0 Å². The Balaban J connectivity index is 0. The van der Waals surface area contributed by atoms with E-state index < -0.39 is 0 Å². The smallest absolute Gasteiger partial charge is 0.0533 e. The molecule has 1 heteroatoms. The quantitative estimate of drug-likeness (QED) is 0.236. The van der Waals surface area contributed by atoms with Gasteiger partial charge < -0.3 is 6.15 Å². The van der Waals surface area contributed by atoms with Crippen molar-refractivity contribution in [3.05, 3.63) is 0 Å². The van der Waals surface area contributed by atoms with Crippen LogP contribution in [-0.4, -0.2) is 0 Å². The molecule has 0 aliphatic carbocycles. The number of hydrogen-bond acceptors (Lipinski definition) is 1. The van der Waals surface area contributed by atoms with E-state index in [4.69, 9.17) is 0 Å². The second-order valence-corrected chi connectivity index (χ2v) is 7.36. The Morgan fingerprint density at radius 2 is 0.391 bits per heavy atom. The number of unbranched alkanes of at least 4 members (excludes halogenated alkanes) is 19. The lowest BCUT2D eigenvalue weighted by atomic mass is 10.0. The fourth-order valence-corrected chi connectivity index (χ4v) is 3.33. The van der Waals surface area contributed by atoms with Crippen LogP contribution in [0.4, 0.5) is 0 Å². The molecule has 0 unspecified atom stereocenters. The van der Waals surface area contributed by atoms with Crippen LogP contribution in [0.3, 0.4) is 0 Å². The molecular weight excluding hydrogens is 278 g/mol. The van der Waals surface area contributed by atoms with Crippen molar-refractivity contribution < 1.29 is 0 Å². The molecule has 0 amide bonds. The maximum absolute atomic E-state index is 2.30. The summed E-state index contributed by atoms with van der Waals surface area (Å²) in [6.07, 6.45) is 29.4. The lowest BCUT2D eigenvalue weighted by Crippen LogP contribution is -1.84. The van der Waals surface area contributed by atoms with Crippen molar-refractivity contribution in [2.24, 2.45) is 0 Å². The van der Waals surface area contributed by atoms with Crippen LogP contribution in [0.15, 0.2) is 0 Å². The van der Waals surface area contributed by atoms with Gasteiger partial charge in [0.15, 0.2) is 0 Å². The van der Waals surface area contributed by atoms with E-state index in [1.165, 1.54) is 128 Å². The van der Waals surface area contributed by atoms with Crippen molar-refractivity contribution in [3.8, 4) is 0 Å². The Labute approximate surface area is 149 Å². The highest BCUT2D eigenvalue weighted by atomic mass is 14.0. The minimum absolute atomic E-state index is 0. The predicted molar refractivity (Wildman–Crippen MR) is 109 cm³/mol. The van der Waals surface area contributed by atoms with Crippen molar-refractivity contribution in [1.82, 2.24) is 6.15 Å². The molecule has 0 aromatic carbocycles. The first-order valence-corrected chi connectivity index (χ1v) is 10.9. The maximum Gasteiger partial charge on any atom is -0.0533 e. The van der Waals surface area contributed by atoms with Gasteiger partial charge in [-0.15, -0.1) is 0 Å². The van der Waals surface area contributed by atoms with Crippen molar-refractivity contribution in [1.29, 1.82) is 0 Å². The van der Waals surface area contributed by atoms with Crippen LogP contribution in [0, 0.1) is 0 Å². The Morgan fingerprint density at radius 1 is 0.261 bits per heavy atom. The van der Waals surface area contributed by atoms with E-state index in [-0.39, 0.29) is 6.15 Å². The van der Waals surface area contributed by atoms with E-state index in [1.807, 2.05) is 0 Å². The van der Waals surface area contributed by atoms with Gasteiger partial charge in [0.1, 0.15) is 0 Å². The monoisotopic (exact) mass is 327 g/mol. The predicted octanol–water partition coefficient (Wildman–Crippen LogP) is 8.99. The zero-order valence-electron chi connectivity index (χ0n) is 16.8. The highest BCUT2D eigenvalue weighted by Gasteiger charge is 1.94. The molecule has 0 aliphatic rings. The third-order valence-electron chi connectivity index (χ3n) is 4.96. The van der Waals surface area contributed by atoms with E-state index >= 15 is 0 Å². The van der Waals surface area contributed by atoms with Gasteiger partial charge >= 0.3 is 0 Å². The van der Waals surface area contributed by atoms with Crippen LogP contribution < -0.4 is 6.15 Å². The standard InChI is InChI=1S/C22H46.H3N/c1-3-5-7-9-11-13-15-17-19-21-22-20-18-16-14-12-10-8-6-4-2;/h3-22H2,1-2H3;1H3. The summed E-state index contributed by atoms with van der Waals surface area (Å²) >= 11 is 0. The molecule has 0 saturated carbocycles. The lowest BCUT2D eigenvalue weighted by Gasteiger charge is -2.03. The summed E-state index contributed by atoms with van der Waals surface area (Å²) in [6, 6.07) is 0. The Hall–Kier alpha value is -0.0400. The maximum atomic E-state index is 2.30. The Kier molecular flexibility index (Phi) is 26.5. The van der Waals surface area contributed by atoms with Gasteiger partial charge in [-0.05, 0) is 0 Å². The molecular formula is C22H49N. The Morgan fingerprint density at radius 3 is 0.522 bits per heavy atom. The van der Waals surface area contributed by atoms with Gasteiger partial charge in [-0.25, -0.2) is 0 Å². The zero-order chi connectivity index (χ0) is 16.1. The second-order valence-electron chi connectivity index (χ2n) is 7.36. The topological polar surface area (TPSA) is 35.0 Å². The van der Waals surface area contributed by atoms with Crippen LogP contribution in [0.1, 0.15) is 142 Å². The normalized spacial score (nSPS) is 10.7. The van der Waals surface area contributed by atoms with Crippen molar-refractivity contribution in [2.75, 3.05) is 0 Å². The molecule has 0 rings (SSSR count). The zero-order valence-corrected chi connectivity index (χ0v) is 16.8. The van der Waals surface area contributed by atoms with Crippen molar-refractivity contribution >= 4 is 0 Å². The highest BCUT2D eigenvalue weighted by Crippen LogP contribution is 2.14. The molecule has 0 aliphatic heterocycles. The molecule has 0 saturated heterocycles. The fourth-order valence-electron chi connectivity index (χ4n) is 3.33. The minimum Gasteiger partial charge on any atom is -0.344 e. The molecule has 0 aromatic rings. The van der Waals surface area contributed by atoms with Gasteiger partial charge in [0.05, 0.1) is 0 Å². The van der Waals surface area contributed by atoms with Crippen LogP contribution in [-0.2, 0) is 0 Å². The van der Waals surface area contributed by atoms with Crippen molar-refractivity contribution in [3.63, 3.8) is 0 Å². The van der Waals surface area contributed by atoms with E-state index in [0.717, 1.165) is 0 Å². The molecule has 0 bridgehead atoms. The molecule has 0 aromatic heterocycles. The second kappa shape index (κ2) is 24.2. The molecule has 1 nitrogen and oxygen atoms in total. The summed E-state index contributed by atoms with van der Waals surface area (Å²) in [6.45, 7) is 4.60. The molecule has 0 fully saturated rings. The number of hydrogen-bond donors (Lipinski definition) is 1. The largest absolute Gasteiger partial charge is 0.344 e. The van der Waals surface area contributed by atoms with E-state index in [0.29, 0.717) is 0 Å². The third-order valence-corrected chi connectivity index (χ3v) is 4.96. The molecule has 0 heterocycles. The average Bonchev–Trinajstić information content (AvgIpc) is 2.54. The first-order valence-electron chi connectivity index (χ1n) is 10.9. The van der Waals surface area contributed by atoms with Gasteiger partial charge in [0.2, 0.25) is 0 Å². The van der Waals surface area contributed by atoms with E-state index in [1.54, 1.807) is 0 Å². The van der Waals surface area contributed by atoms with Gasteiger partial charge in [-0.2, -0.15) is 0 Å². The molecule has 23 heavy (non-hydrogen) atoms. The average molecular weight is 328 g/mol. The summed E-state index contributed by atoms with van der Waals surface area (Å²) < 4.78 is 0. The van der Waals surface area contributed by atoms with Gasteiger partial charge in [0, 0.05) is 0 Å². The minimum atomic E-state index is 0. The van der Waals surface area contributed by atoms with Crippen LogP contribution in [0.5, 0.6) is 0 Å². The number of rotatable bonds is 19. The summed E-state index contributed by atoms with van der Waals surface area (Å²) in [7, 11) is 0. The SMILES string of the molecule is CCCCCCCCCCCCCCCCCCCCCC.N. The molecule has 0 atom stereocenters. The first kappa shape index (κ1) is 25.2. The molecule has 3 N–H and O–H groups in total. The van der Waals surface area contributed by atoms with Crippen LogP contribution in [0.25, 0.3) is 0 Å². The van der Waals surface area contributed by atoms with E-state index in [9.17, 15) is 0 Å². The lowest BCUT2D eigenvalue weighted by molar-refractivity contribution is 0.523. The van der Waals surface area contributed by atoms with Crippen LogP contribution >= 0.6 is 0 Å². The molecule has 0 radical (unpaired) electrons. The summed E-state index contributed by atoms with van der Waals surface area (Å²) in [5, 5.41) is 0. The van der Waals surface area contributed by atoms with E-state index in [2.05, 4.69) is 13.8 Å². The van der Waals surface area contributed by atoms with Crippen LogP contribution in [0.2, 0.25) is 0 Å². The van der Waals surface area contributed by atoms with Gasteiger partial charge in [-0.3, -0.25) is 0 Å². The first-order chi connectivity index (χ1) is 10.9. The summed E-state index contributed by atoms with van der Waals surface area (Å²) in [5.74, 6) is 0. The summed E-state index contributed by atoms with van der Waals surface area (Å²) in [5.41, 5.74) is 0. The Bertz CT molecular complexity index is 159. The highest BCUT2D eigenvalue weighted by molar-refractivity contribution is 4.50. The molecule has 142 valence electrons. The fraction of sp³-hybridized carbons (Fsp3) is 1.00. The van der Waals surface area contributed by atoms with Gasteiger partial charge in [-0.1, -0.05) is 142 Å². The van der Waals surface area contributed by atoms with Crippen molar-refractivity contribution in [2.45, 2.75) is 142 Å². The third kappa shape index (κ3) is 24.3. The summed E-state index contributed by atoms with van der Waals surface area (Å²) in [4.78, 5) is 0. The molecule has 0 spiro atoms.